The van der Waals surface area contributed by atoms with Crippen molar-refractivity contribution in [2.75, 3.05) is 13.6 Å². The molecular formula is C16H23N3O3. The number of likely N-dealkylation sites (N-methyl/N-ethyl adjacent to an activating group) is 1. The topological polar surface area (TPSA) is 75.9 Å². The van der Waals surface area contributed by atoms with Crippen molar-refractivity contribution in [2.45, 2.75) is 38.5 Å². The summed E-state index contributed by atoms with van der Waals surface area (Å²) >= 11 is 0. The maximum Gasteiger partial charge on any atom is 0.243 e. The fourth-order valence-electron chi connectivity index (χ4n) is 2.84. The highest BCUT2D eigenvalue weighted by atomic mass is 16.7. The van der Waals surface area contributed by atoms with Crippen LogP contribution in [0.3, 0.4) is 0 Å². The van der Waals surface area contributed by atoms with Gasteiger partial charge in [-0.2, -0.15) is 0 Å². The summed E-state index contributed by atoms with van der Waals surface area (Å²) in [5, 5.41) is 1.43. The molecule has 0 aromatic heterocycles. The molecule has 6 heteroatoms. The number of amides is 2. The minimum absolute atomic E-state index is 0.0678. The van der Waals surface area contributed by atoms with E-state index >= 15 is 0 Å². The molecular weight excluding hydrogens is 282 g/mol. The number of piperidine rings is 1. The maximum absolute atomic E-state index is 11.9. The van der Waals surface area contributed by atoms with Crippen LogP contribution < -0.4 is 5.73 Å². The Labute approximate surface area is 130 Å². The van der Waals surface area contributed by atoms with Crippen molar-refractivity contribution in [2.24, 2.45) is 5.73 Å². The first-order valence-corrected chi connectivity index (χ1v) is 7.45. The third-order valence-electron chi connectivity index (χ3n) is 3.99. The molecule has 22 heavy (non-hydrogen) atoms. The predicted molar refractivity (Wildman–Crippen MR) is 82.4 cm³/mol. The summed E-state index contributed by atoms with van der Waals surface area (Å²) < 4.78 is 0. The van der Waals surface area contributed by atoms with Gasteiger partial charge in [-0.1, -0.05) is 30.3 Å². The number of nitrogens with two attached hydrogens (primary N) is 1. The van der Waals surface area contributed by atoms with Crippen LogP contribution in [0, 0.1) is 0 Å². The van der Waals surface area contributed by atoms with Crippen molar-refractivity contribution in [3.63, 3.8) is 0 Å². The van der Waals surface area contributed by atoms with Crippen LogP contribution in [0.1, 0.15) is 25.3 Å². The smallest absolute Gasteiger partial charge is 0.243 e. The molecule has 0 bridgehead atoms. The lowest BCUT2D eigenvalue weighted by atomic mass is 9.98. The van der Waals surface area contributed by atoms with Gasteiger partial charge in [0.05, 0.1) is 12.1 Å². The van der Waals surface area contributed by atoms with E-state index in [-0.39, 0.29) is 23.9 Å². The molecule has 2 atom stereocenters. The van der Waals surface area contributed by atoms with Gasteiger partial charge in [-0.05, 0) is 25.5 Å². The van der Waals surface area contributed by atoms with E-state index in [2.05, 4.69) is 0 Å². The van der Waals surface area contributed by atoms with Crippen LogP contribution in [-0.4, -0.2) is 47.5 Å². The lowest BCUT2D eigenvalue weighted by Gasteiger charge is -2.39. The molecule has 1 aromatic rings. The molecule has 2 N–H and O–H groups in total. The zero-order chi connectivity index (χ0) is 16.1. The summed E-state index contributed by atoms with van der Waals surface area (Å²) in [4.78, 5) is 30.8. The van der Waals surface area contributed by atoms with E-state index in [1.807, 2.05) is 42.3 Å². The van der Waals surface area contributed by atoms with Gasteiger partial charge in [0.2, 0.25) is 11.8 Å². The Morgan fingerprint density at radius 2 is 2.00 bits per heavy atom. The van der Waals surface area contributed by atoms with E-state index < -0.39 is 0 Å². The molecule has 1 aromatic carbocycles. The Balaban J connectivity index is 1.97. The van der Waals surface area contributed by atoms with Crippen LogP contribution >= 0.6 is 0 Å². The number of rotatable bonds is 5. The van der Waals surface area contributed by atoms with Gasteiger partial charge in [-0.3, -0.25) is 19.3 Å². The van der Waals surface area contributed by atoms with Gasteiger partial charge in [0.25, 0.3) is 0 Å². The van der Waals surface area contributed by atoms with E-state index in [0.717, 1.165) is 5.56 Å². The average molecular weight is 305 g/mol. The van der Waals surface area contributed by atoms with Gasteiger partial charge >= 0.3 is 0 Å². The molecule has 1 aliphatic rings. The van der Waals surface area contributed by atoms with E-state index in [4.69, 9.17) is 10.6 Å². The molecule has 0 spiro atoms. The van der Waals surface area contributed by atoms with Gasteiger partial charge in [0.1, 0.15) is 6.61 Å². The van der Waals surface area contributed by atoms with Crippen molar-refractivity contribution in [3.8, 4) is 0 Å². The maximum atomic E-state index is 11.9. The van der Waals surface area contributed by atoms with E-state index in [9.17, 15) is 9.59 Å². The van der Waals surface area contributed by atoms with E-state index in [0.29, 0.717) is 26.0 Å². The number of nitrogens with zero attached hydrogens (tertiary/aromatic N) is 2. The second-order valence-electron chi connectivity index (χ2n) is 5.69. The number of carbonyl (C=O) groups is 2. The van der Waals surface area contributed by atoms with Gasteiger partial charge < -0.3 is 5.73 Å². The van der Waals surface area contributed by atoms with Gasteiger partial charge in [-0.25, -0.2) is 5.06 Å². The zero-order valence-corrected chi connectivity index (χ0v) is 13.1. The van der Waals surface area contributed by atoms with Crippen LogP contribution in [0.4, 0.5) is 0 Å². The highest BCUT2D eigenvalue weighted by Crippen LogP contribution is 2.21. The number of hydrogen-bond donors (Lipinski definition) is 1. The minimum Gasteiger partial charge on any atom is -0.368 e. The average Bonchev–Trinajstić information content (AvgIpc) is 2.48. The first kappa shape index (κ1) is 16.5. The zero-order valence-electron chi connectivity index (χ0n) is 13.1. The molecule has 120 valence electrons. The fourth-order valence-corrected chi connectivity index (χ4v) is 2.84. The molecule has 2 rings (SSSR count). The highest BCUT2D eigenvalue weighted by Gasteiger charge is 2.33. The predicted octanol–water partition coefficient (Wildman–Crippen LogP) is 0.915. The third-order valence-corrected chi connectivity index (χ3v) is 3.99. The summed E-state index contributed by atoms with van der Waals surface area (Å²) in [6.45, 7) is 2.41. The largest absolute Gasteiger partial charge is 0.368 e. The molecule has 1 saturated heterocycles. The minimum atomic E-state index is -0.319. The van der Waals surface area contributed by atoms with Crippen molar-refractivity contribution in [1.29, 1.82) is 0 Å². The summed E-state index contributed by atoms with van der Waals surface area (Å²) in [5.41, 5.74) is 6.39. The van der Waals surface area contributed by atoms with E-state index in [1.54, 1.807) is 0 Å². The SMILES string of the molecule is CC(=O)N(OCc1ccccc1)[C@@H]1CC[C@@H](C(N)=O)N(C)C1. The number of hydroxylamine groups is 2. The summed E-state index contributed by atoms with van der Waals surface area (Å²) in [7, 11) is 1.84. The first-order valence-electron chi connectivity index (χ1n) is 7.45. The monoisotopic (exact) mass is 305 g/mol. The molecule has 6 nitrogen and oxygen atoms in total. The second kappa shape index (κ2) is 7.38. The van der Waals surface area contributed by atoms with Crippen LogP contribution in [0.15, 0.2) is 30.3 Å². The Morgan fingerprint density at radius 3 is 2.55 bits per heavy atom. The Bertz CT molecular complexity index is 521. The van der Waals surface area contributed by atoms with Crippen molar-refractivity contribution in [1.82, 2.24) is 9.96 Å². The standard InChI is InChI=1S/C16H23N3O3/c1-12(20)19(22-11-13-6-4-3-5-7-13)14-8-9-15(16(17)21)18(2)10-14/h3-7,14-15H,8-11H2,1-2H3,(H2,17,21)/t14-,15+/m1/s1. The van der Waals surface area contributed by atoms with Crippen LogP contribution in [0.5, 0.6) is 0 Å². The normalized spacial score (nSPS) is 22.3. The van der Waals surface area contributed by atoms with Crippen LogP contribution in [-0.2, 0) is 21.0 Å². The van der Waals surface area contributed by atoms with Crippen molar-refractivity contribution < 1.29 is 14.4 Å². The number of likely N-dealkylation sites (tertiary alicyclic amines) is 1. The molecule has 1 fully saturated rings. The van der Waals surface area contributed by atoms with Gasteiger partial charge in [0, 0.05) is 13.5 Å². The van der Waals surface area contributed by atoms with E-state index in [1.165, 1.54) is 12.0 Å². The second-order valence-corrected chi connectivity index (χ2v) is 5.69. The molecule has 0 unspecified atom stereocenters. The van der Waals surface area contributed by atoms with Crippen molar-refractivity contribution in [3.05, 3.63) is 35.9 Å². The van der Waals surface area contributed by atoms with Gasteiger partial charge in [0.15, 0.2) is 0 Å². The lowest BCUT2D eigenvalue weighted by Crippen LogP contribution is -2.55. The molecule has 1 aliphatic heterocycles. The number of hydrogen-bond acceptors (Lipinski definition) is 4. The highest BCUT2D eigenvalue weighted by molar-refractivity contribution is 5.80. The third kappa shape index (κ3) is 4.05. The number of carbonyl (C=O) groups excluding carboxylic acids is 2. The van der Waals surface area contributed by atoms with Crippen LogP contribution in [0.2, 0.25) is 0 Å². The van der Waals surface area contributed by atoms with Crippen LogP contribution in [0.25, 0.3) is 0 Å². The van der Waals surface area contributed by atoms with Gasteiger partial charge in [-0.15, -0.1) is 0 Å². The number of benzene rings is 1. The van der Waals surface area contributed by atoms with Crippen molar-refractivity contribution >= 4 is 11.8 Å². The first-order chi connectivity index (χ1) is 10.5. The lowest BCUT2D eigenvalue weighted by molar-refractivity contribution is -0.209. The fraction of sp³-hybridized carbons (Fsp3) is 0.500. The molecule has 0 saturated carbocycles. The molecule has 0 radical (unpaired) electrons. The summed E-state index contributed by atoms with van der Waals surface area (Å²) in [6.07, 6.45) is 1.33. The Hall–Kier alpha value is -1.92. The summed E-state index contributed by atoms with van der Waals surface area (Å²) in [5.74, 6) is -0.451. The Morgan fingerprint density at radius 1 is 1.32 bits per heavy atom. The summed E-state index contributed by atoms with van der Waals surface area (Å²) in [6, 6.07) is 9.38. The molecule has 1 heterocycles. The quantitative estimate of drug-likeness (QED) is 0.821. The molecule has 2 amide bonds. The molecule has 0 aliphatic carbocycles. The number of primary amides is 1. The Kier molecular flexibility index (Phi) is 5.51.